The van der Waals surface area contributed by atoms with Crippen molar-refractivity contribution < 1.29 is 19.6 Å². The van der Waals surface area contributed by atoms with Crippen molar-refractivity contribution in [2.45, 2.75) is 33.2 Å². The number of ether oxygens (including phenoxy) is 1. The molecular weight excluding hydrogens is 465 g/mol. The predicted octanol–water partition coefficient (Wildman–Crippen LogP) is 2.74. The number of nitrogens with one attached hydrogen (secondary N) is 2. The van der Waals surface area contributed by atoms with Crippen LogP contribution in [0.25, 0.3) is 11.1 Å². The average molecular weight is 499 g/mol. The fourth-order valence-electron chi connectivity index (χ4n) is 6.10. The van der Waals surface area contributed by atoms with E-state index >= 15 is 0 Å². The maximum absolute atomic E-state index is 12.8. The van der Waals surface area contributed by atoms with E-state index in [1.54, 1.807) is 0 Å². The lowest BCUT2D eigenvalue weighted by Gasteiger charge is -2.34. The summed E-state index contributed by atoms with van der Waals surface area (Å²) in [5.41, 5.74) is 9.81. The van der Waals surface area contributed by atoms with Gasteiger partial charge in [0.05, 0.1) is 0 Å². The van der Waals surface area contributed by atoms with E-state index in [1.807, 2.05) is 45.0 Å². The minimum absolute atomic E-state index is 0.00329. The van der Waals surface area contributed by atoms with Gasteiger partial charge in [-0.2, -0.15) is 0 Å². The van der Waals surface area contributed by atoms with Crippen molar-refractivity contribution in [1.82, 2.24) is 10.6 Å². The minimum Gasteiger partial charge on any atom is -0.449 e. The summed E-state index contributed by atoms with van der Waals surface area (Å²) in [6, 6.07) is 16.5. The van der Waals surface area contributed by atoms with Crippen LogP contribution in [0.3, 0.4) is 0 Å². The first-order chi connectivity index (χ1) is 17.9. The Bertz CT molecular complexity index is 1280. The molecule has 1 heterocycles. The van der Waals surface area contributed by atoms with Crippen molar-refractivity contribution in [3.05, 3.63) is 81.9 Å². The van der Waals surface area contributed by atoms with Crippen LogP contribution in [-0.4, -0.2) is 56.0 Å². The third-order valence-corrected chi connectivity index (χ3v) is 7.87. The quantitative estimate of drug-likeness (QED) is 0.390. The van der Waals surface area contributed by atoms with Gasteiger partial charge in [0.1, 0.15) is 6.61 Å². The van der Waals surface area contributed by atoms with Gasteiger partial charge in [0, 0.05) is 44.3 Å². The molecule has 1 aliphatic carbocycles. The Labute approximate surface area is 218 Å². The summed E-state index contributed by atoms with van der Waals surface area (Å²) in [6.07, 6.45) is -0.490. The predicted molar refractivity (Wildman–Crippen MR) is 147 cm³/mol. The molecule has 1 amide bonds. The van der Waals surface area contributed by atoms with E-state index < -0.39 is 13.2 Å². The molecule has 5 rings (SSSR count). The molecule has 0 saturated carbocycles. The van der Waals surface area contributed by atoms with Crippen LogP contribution < -0.4 is 21.0 Å². The van der Waals surface area contributed by atoms with Crippen LogP contribution in [-0.2, 0) is 11.3 Å². The number of alkyl carbamates (subject to hydrolysis) is 1. The van der Waals surface area contributed by atoms with Crippen LogP contribution in [0.5, 0.6) is 0 Å². The summed E-state index contributed by atoms with van der Waals surface area (Å²) in [5, 5.41) is 26.6. The SMILES string of the molecule is Cc1c(CNC(=O)OCC2c3ccccc3-c3ccccc32)c(C)c(N2CCNCC2)c(C)c1B(O)O. The Morgan fingerprint density at radius 1 is 0.973 bits per heavy atom. The van der Waals surface area contributed by atoms with Gasteiger partial charge in [-0.25, -0.2) is 4.79 Å². The molecule has 0 radical (unpaired) electrons. The monoisotopic (exact) mass is 499 g/mol. The minimum atomic E-state index is -1.59. The number of amides is 1. The molecule has 0 bridgehead atoms. The molecule has 0 unspecified atom stereocenters. The van der Waals surface area contributed by atoms with Gasteiger partial charge in [-0.05, 0) is 70.7 Å². The fraction of sp³-hybridized carbons (Fsp3) is 0.345. The number of anilines is 1. The lowest BCUT2D eigenvalue weighted by molar-refractivity contribution is 0.142. The van der Waals surface area contributed by atoms with Gasteiger partial charge < -0.3 is 30.3 Å². The highest BCUT2D eigenvalue weighted by molar-refractivity contribution is 6.60. The lowest BCUT2D eigenvalue weighted by Crippen LogP contribution is -2.46. The van der Waals surface area contributed by atoms with Crippen LogP contribution in [0.15, 0.2) is 48.5 Å². The zero-order valence-electron chi connectivity index (χ0n) is 21.7. The molecule has 1 saturated heterocycles. The Kier molecular flexibility index (Phi) is 7.24. The zero-order valence-corrected chi connectivity index (χ0v) is 21.7. The highest BCUT2D eigenvalue weighted by atomic mass is 16.5. The lowest BCUT2D eigenvalue weighted by atomic mass is 9.71. The van der Waals surface area contributed by atoms with Crippen LogP contribution in [0, 0.1) is 20.8 Å². The molecule has 4 N–H and O–H groups in total. The van der Waals surface area contributed by atoms with Gasteiger partial charge in [0.2, 0.25) is 0 Å². The third kappa shape index (κ3) is 4.72. The summed E-state index contributed by atoms with van der Waals surface area (Å²) in [5.74, 6) is -0.00329. The smallest absolute Gasteiger partial charge is 0.449 e. The number of hydrogen-bond acceptors (Lipinski definition) is 6. The first-order valence-corrected chi connectivity index (χ1v) is 12.9. The molecule has 2 aliphatic rings. The van der Waals surface area contributed by atoms with Gasteiger partial charge in [-0.1, -0.05) is 48.5 Å². The Morgan fingerprint density at radius 3 is 2.16 bits per heavy atom. The molecule has 1 fully saturated rings. The molecule has 0 aromatic heterocycles. The number of nitrogens with zero attached hydrogens (tertiary/aromatic N) is 1. The standard InChI is InChI=1S/C29H34BN3O4/c1-18-25(19(2)28(20(3)27(18)30(35)36)33-14-12-31-13-15-33)16-32-29(34)37-17-26-23-10-6-4-8-21(23)22-9-5-7-11-24(22)26/h4-11,26,31,35-36H,12-17H2,1-3H3,(H,32,34). The summed E-state index contributed by atoms with van der Waals surface area (Å²) in [7, 11) is -1.59. The number of piperazine rings is 1. The maximum Gasteiger partial charge on any atom is 0.489 e. The molecule has 0 spiro atoms. The average Bonchev–Trinajstić information content (AvgIpc) is 3.21. The Balaban J connectivity index is 1.33. The summed E-state index contributed by atoms with van der Waals surface area (Å²) in [4.78, 5) is 15.1. The topological polar surface area (TPSA) is 94.1 Å². The first-order valence-electron chi connectivity index (χ1n) is 12.9. The third-order valence-electron chi connectivity index (χ3n) is 7.87. The van der Waals surface area contributed by atoms with Gasteiger partial charge in [-0.3, -0.25) is 0 Å². The normalized spacial score (nSPS) is 14.8. The van der Waals surface area contributed by atoms with Crippen molar-refractivity contribution in [3.8, 4) is 11.1 Å². The molecule has 1 aliphatic heterocycles. The Hall–Kier alpha value is -3.33. The number of rotatable bonds is 6. The Morgan fingerprint density at radius 2 is 1.57 bits per heavy atom. The second-order valence-electron chi connectivity index (χ2n) is 9.91. The van der Waals surface area contributed by atoms with Crippen molar-refractivity contribution in [3.63, 3.8) is 0 Å². The first kappa shape index (κ1) is 25.3. The van der Waals surface area contributed by atoms with Crippen LogP contribution in [0.4, 0.5) is 10.5 Å². The van der Waals surface area contributed by atoms with E-state index in [2.05, 4.69) is 39.8 Å². The molecule has 7 nitrogen and oxygen atoms in total. The van der Waals surface area contributed by atoms with Crippen molar-refractivity contribution in [2.24, 2.45) is 0 Å². The van der Waals surface area contributed by atoms with E-state index in [-0.39, 0.29) is 19.1 Å². The number of fused-ring (bicyclic) bond motifs is 3. The molecular formula is C29H34BN3O4. The van der Waals surface area contributed by atoms with Gasteiger partial charge >= 0.3 is 13.2 Å². The van der Waals surface area contributed by atoms with Gasteiger partial charge in [-0.15, -0.1) is 0 Å². The largest absolute Gasteiger partial charge is 0.489 e. The number of benzene rings is 3. The summed E-state index contributed by atoms with van der Waals surface area (Å²) in [6.45, 7) is 9.77. The van der Waals surface area contributed by atoms with Gasteiger partial charge in [0.25, 0.3) is 0 Å². The van der Waals surface area contributed by atoms with Crippen LogP contribution in [0.2, 0.25) is 0 Å². The van der Waals surface area contributed by atoms with E-state index in [1.165, 1.54) is 22.3 Å². The van der Waals surface area contributed by atoms with Gasteiger partial charge in [0.15, 0.2) is 0 Å². The summed E-state index contributed by atoms with van der Waals surface area (Å²) < 4.78 is 5.72. The second-order valence-corrected chi connectivity index (χ2v) is 9.91. The van der Waals surface area contributed by atoms with Crippen molar-refractivity contribution >= 4 is 24.4 Å². The maximum atomic E-state index is 12.8. The van der Waals surface area contributed by atoms with Crippen LogP contribution in [0.1, 0.15) is 39.3 Å². The van der Waals surface area contributed by atoms with E-state index in [4.69, 9.17) is 4.74 Å². The fourth-order valence-corrected chi connectivity index (χ4v) is 6.10. The number of hydrogen-bond donors (Lipinski definition) is 4. The van der Waals surface area contributed by atoms with Crippen LogP contribution >= 0.6 is 0 Å². The highest BCUT2D eigenvalue weighted by Gasteiger charge is 2.30. The molecule has 37 heavy (non-hydrogen) atoms. The molecule has 0 atom stereocenters. The molecule has 8 heteroatoms. The van der Waals surface area contributed by atoms with E-state index in [0.29, 0.717) is 5.46 Å². The van der Waals surface area contributed by atoms with Crippen molar-refractivity contribution in [2.75, 3.05) is 37.7 Å². The number of carbonyl (C=O) groups excluding carboxylic acids is 1. The van der Waals surface area contributed by atoms with E-state index in [0.717, 1.165) is 54.1 Å². The molecule has 3 aromatic carbocycles. The second kappa shape index (κ2) is 10.6. The summed E-state index contributed by atoms with van der Waals surface area (Å²) >= 11 is 0. The number of carbonyl (C=O) groups is 1. The van der Waals surface area contributed by atoms with E-state index in [9.17, 15) is 14.8 Å². The zero-order chi connectivity index (χ0) is 26.1. The highest BCUT2D eigenvalue weighted by Crippen LogP contribution is 2.44. The molecule has 3 aromatic rings. The van der Waals surface area contributed by atoms with Crippen molar-refractivity contribution in [1.29, 1.82) is 0 Å². The molecule has 192 valence electrons.